The van der Waals surface area contributed by atoms with E-state index in [0.29, 0.717) is 5.56 Å². The van der Waals surface area contributed by atoms with Crippen molar-refractivity contribution in [2.24, 2.45) is 0 Å². The Morgan fingerprint density at radius 3 is 2.33 bits per heavy atom. The van der Waals surface area contributed by atoms with Gasteiger partial charge in [-0.05, 0) is 12.5 Å². The smallest absolute Gasteiger partial charge is 0.329 e. The number of carboxylic acid groups (broad SMARTS) is 1. The second-order valence-corrected chi connectivity index (χ2v) is 5.40. The number of benzene rings is 1. The molecular formula is C11H16N2O4S. The fourth-order valence-corrected chi connectivity index (χ4v) is 2.69. The molecular weight excluding hydrogens is 256 g/mol. The minimum Gasteiger partial charge on any atom is -0.480 e. The standard InChI is InChI=1S/C11H16N2O4S/c1-3-12-18(16,17)13-11(2,10(14)15)9-7-5-4-6-8-9/h4-8,12-13H,3H2,1-2H3,(H,14,15). The first-order valence-corrected chi connectivity index (χ1v) is 6.87. The molecule has 0 saturated heterocycles. The Labute approximate surface area is 106 Å². The summed E-state index contributed by atoms with van der Waals surface area (Å²) < 4.78 is 27.6. The van der Waals surface area contributed by atoms with Crippen LogP contribution in [0, 0.1) is 0 Å². The Kier molecular flexibility index (Phi) is 4.44. The van der Waals surface area contributed by atoms with Gasteiger partial charge < -0.3 is 5.11 Å². The van der Waals surface area contributed by atoms with Crippen LogP contribution in [0.1, 0.15) is 19.4 Å². The molecule has 0 heterocycles. The van der Waals surface area contributed by atoms with Gasteiger partial charge in [0.2, 0.25) is 0 Å². The Hall–Kier alpha value is -1.44. The lowest BCUT2D eigenvalue weighted by atomic mass is 9.94. The molecule has 0 spiro atoms. The van der Waals surface area contributed by atoms with E-state index < -0.39 is 21.7 Å². The molecule has 7 heteroatoms. The van der Waals surface area contributed by atoms with Crippen molar-refractivity contribution in [3.8, 4) is 0 Å². The van der Waals surface area contributed by atoms with Gasteiger partial charge >= 0.3 is 5.97 Å². The maximum atomic E-state index is 11.6. The number of hydrogen-bond acceptors (Lipinski definition) is 3. The highest BCUT2D eigenvalue weighted by Gasteiger charge is 2.38. The van der Waals surface area contributed by atoms with Gasteiger partial charge in [-0.3, -0.25) is 0 Å². The first-order chi connectivity index (χ1) is 8.32. The molecule has 1 aromatic carbocycles. The van der Waals surface area contributed by atoms with Gasteiger partial charge in [-0.15, -0.1) is 0 Å². The van der Waals surface area contributed by atoms with Crippen LogP contribution in [0.4, 0.5) is 0 Å². The summed E-state index contributed by atoms with van der Waals surface area (Å²) in [5, 5.41) is 9.26. The van der Waals surface area contributed by atoms with Gasteiger partial charge in [-0.1, -0.05) is 37.3 Å². The van der Waals surface area contributed by atoms with Gasteiger partial charge in [0.05, 0.1) is 0 Å². The largest absolute Gasteiger partial charge is 0.480 e. The van der Waals surface area contributed by atoms with E-state index in [2.05, 4.69) is 9.44 Å². The number of hydrogen-bond donors (Lipinski definition) is 3. The quantitative estimate of drug-likeness (QED) is 0.699. The fourth-order valence-electron chi connectivity index (χ4n) is 1.49. The van der Waals surface area contributed by atoms with Crippen LogP contribution in [0.15, 0.2) is 30.3 Å². The summed E-state index contributed by atoms with van der Waals surface area (Å²) in [6.07, 6.45) is 0. The molecule has 6 nitrogen and oxygen atoms in total. The highest BCUT2D eigenvalue weighted by molar-refractivity contribution is 7.87. The van der Waals surface area contributed by atoms with E-state index in [1.165, 1.54) is 6.92 Å². The summed E-state index contributed by atoms with van der Waals surface area (Å²) in [5.74, 6) is -1.27. The Balaban J connectivity index is 3.15. The van der Waals surface area contributed by atoms with E-state index in [1.54, 1.807) is 37.3 Å². The van der Waals surface area contributed by atoms with Gasteiger partial charge in [-0.2, -0.15) is 13.1 Å². The molecule has 0 amide bonds. The van der Waals surface area contributed by atoms with Crippen LogP contribution in [0.2, 0.25) is 0 Å². The normalized spacial score (nSPS) is 15.0. The molecule has 1 atom stereocenters. The highest BCUT2D eigenvalue weighted by Crippen LogP contribution is 2.21. The van der Waals surface area contributed by atoms with Crippen LogP contribution >= 0.6 is 0 Å². The van der Waals surface area contributed by atoms with Crippen LogP contribution in [0.3, 0.4) is 0 Å². The van der Waals surface area contributed by atoms with E-state index in [1.807, 2.05) is 0 Å². The molecule has 0 fully saturated rings. The molecule has 0 aromatic heterocycles. The van der Waals surface area contributed by atoms with Crippen LogP contribution in [0.25, 0.3) is 0 Å². The average molecular weight is 272 g/mol. The molecule has 18 heavy (non-hydrogen) atoms. The maximum absolute atomic E-state index is 11.6. The summed E-state index contributed by atoms with van der Waals surface area (Å²) in [6.45, 7) is 3.10. The Bertz CT molecular complexity index is 515. The molecule has 100 valence electrons. The number of nitrogens with one attached hydrogen (secondary N) is 2. The summed E-state index contributed by atoms with van der Waals surface area (Å²) in [7, 11) is -3.86. The minimum absolute atomic E-state index is 0.180. The van der Waals surface area contributed by atoms with E-state index in [4.69, 9.17) is 0 Å². The van der Waals surface area contributed by atoms with Crippen molar-refractivity contribution in [3.05, 3.63) is 35.9 Å². The van der Waals surface area contributed by atoms with Gasteiger partial charge in [0.1, 0.15) is 0 Å². The maximum Gasteiger partial charge on any atom is 0.329 e. The molecule has 0 radical (unpaired) electrons. The van der Waals surface area contributed by atoms with Gasteiger partial charge in [0.15, 0.2) is 5.54 Å². The van der Waals surface area contributed by atoms with Crippen molar-refractivity contribution < 1.29 is 18.3 Å². The number of rotatable bonds is 6. The highest BCUT2D eigenvalue weighted by atomic mass is 32.2. The van der Waals surface area contributed by atoms with E-state index in [-0.39, 0.29) is 6.54 Å². The first-order valence-electron chi connectivity index (χ1n) is 5.39. The van der Waals surface area contributed by atoms with Gasteiger partial charge in [0, 0.05) is 6.54 Å². The minimum atomic E-state index is -3.86. The summed E-state index contributed by atoms with van der Waals surface area (Å²) in [6, 6.07) is 8.14. The van der Waals surface area contributed by atoms with Crippen molar-refractivity contribution in [1.82, 2.24) is 9.44 Å². The predicted octanol–water partition coefficient (Wildman–Crippen LogP) is 0.430. The number of carbonyl (C=O) groups is 1. The van der Waals surface area contributed by atoms with E-state index in [0.717, 1.165) is 0 Å². The van der Waals surface area contributed by atoms with Crippen LogP contribution in [-0.4, -0.2) is 26.0 Å². The molecule has 1 aromatic rings. The molecule has 0 aliphatic heterocycles. The monoisotopic (exact) mass is 272 g/mol. The summed E-state index contributed by atoms with van der Waals surface area (Å²) in [5.41, 5.74) is -1.35. The molecule has 0 saturated carbocycles. The summed E-state index contributed by atoms with van der Waals surface area (Å²) >= 11 is 0. The Morgan fingerprint density at radius 2 is 1.89 bits per heavy atom. The lowest BCUT2D eigenvalue weighted by Crippen LogP contribution is -2.53. The first kappa shape index (κ1) is 14.6. The molecule has 0 bridgehead atoms. The molecule has 1 rings (SSSR count). The van der Waals surface area contributed by atoms with Crippen molar-refractivity contribution in [3.63, 3.8) is 0 Å². The number of aliphatic carboxylic acids is 1. The summed E-state index contributed by atoms with van der Waals surface area (Å²) in [4.78, 5) is 11.3. The zero-order chi connectivity index (χ0) is 13.8. The van der Waals surface area contributed by atoms with Crippen molar-refractivity contribution in [2.75, 3.05) is 6.54 Å². The van der Waals surface area contributed by atoms with Crippen molar-refractivity contribution in [2.45, 2.75) is 19.4 Å². The van der Waals surface area contributed by atoms with Crippen molar-refractivity contribution in [1.29, 1.82) is 0 Å². The lowest BCUT2D eigenvalue weighted by Gasteiger charge is -2.26. The molecule has 1 unspecified atom stereocenters. The molecule has 0 aliphatic carbocycles. The van der Waals surface area contributed by atoms with Crippen molar-refractivity contribution >= 4 is 16.2 Å². The van der Waals surface area contributed by atoms with Gasteiger partial charge in [-0.25, -0.2) is 9.52 Å². The Morgan fingerprint density at radius 1 is 1.33 bits per heavy atom. The van der Waals surface area contributed by atoms with Crippen LogP contribution in [0.5, 0.6) is 0 Å². The second kappa shape index (κ2) is 5.47. The fraction of sp³-hybridized carbons (Fsp3) is 0.364. The zero-order valence-electron chi connectivity index (χ0n) is 10.2. The second-order valence-electron chi connectivity index (χ2n) is 3.90. The third kappa shape index (κ3) is 3.28. The van der Waals surface area contributed by atoms with Gasteiger partial charge in [0.25, 0.3) is 10.2 Å². The lowest BCUT2D eigenvalue weighted by molar-refractivity contribution is -0.143. The third-order valence-electron chi connectivity index (χ3n) is 2.45. The number of carboxylic acids is 1. The molecule has 3 N–H and O–H groups in total. The van der Waals surface area contributed by atoms with E-state index in [9.17, 15) is 18.3 Å². The zero-order valence-corrected chi connectivity index (χ0v) is 11.0. The van der Waals surface area contributed by atoms with Crippen LogP contribution in [-0.2, 0) is 20.5 Å². The van der Waals surface area contributed by atoms with E-state index >= 15 is 0 Å². The van der Waals surface area contributed by atoms with Crippen LogP contribution < -0.4 is 9.44 Å². The molecule has 0 aliphatic rings. The third-order valence-corrected chi connectivity index (χ3v) is 3.80. The predicted molar refractivity (Wildman–Crippen MR) is 67.2 cm³/mol. The topological polar surface area (TPSA) is 95.5 Å². The average Bonchev–Trinajstić information content (AvgIpc) is 2.29. The SMILES string of the molecule is CCNS(=O)(=O)NC(C)(C(=O)O)c1ccccc1.